The Bertz CT molecular complexity index is 490. The molecule has 104 valence electrons. The Morgan fingerprint density at radius 1 is 1.56 bits per heavy atom. The average Bonchev–Trinajstić information content (AvgIpc) is 2.60. The van der Waals surface area contributed by atoms with Crippen LogP contribution >= 0.6 is 0 Å². The highest BCUT2D eigenvalue weighted by molar-refractivity contribution is 7.89. The minimum atomic E-state index is -3.65. The highest BCUT2D eigenvalue weighted by atomic mass is 32.2. The first-order chi connectivity index (χ1) is 8.24. The van der Waals surface area contributed by atoms with Crippen molar-refractivity contribution in [1.29, 1.82) is 0 Å². The molecular weight excluding hydrogens is 254 g/mol. The molecule has 1 aromatic rings. The number of aromatic nitrogens is 2. The van der Waals surface area contributed by atoms with Gasteiger partial charge in [-0.15, -0.1) is 0 Å². The number of nitrogens with one attached hydrogen (secondary N) is 1. The van der Waals surface area contributed by atoms with Gasteiger partial charge in [-0.05, 0) is 26.7 Å². The van der Waals surface area contributed by atoms with Crippen molar-refractivity contribution in [2.45, 2.75) is 44.2 Å². The number of sulfonamides is 1. The summed E-state index contributed by atoms with van der Waals surface area (Å²) in [5, 5.41) is 9.01. The van der Waals surface area contributed by atoms with Crippen molar-refractivity contribution in [3.8, 4) is 0 Å². The summed E-state index contributed by atoms with van der Waals surface area (Å²) in [6.07, 6.45) is 2.44. The molecule has 6 nitrogen and oxygen atoms in total. The lowest BCUT2D eigenvalue weighted by Crippen LogP contribution is -2.46. The van der Waals surface area contributed by atoms with E-state index in [2.05, 4.69) is 9.71 Å². The number of aliphatic hydroxyl groups is 1. The second kappa shape index (κ2) is 5.38. The van der Waals surface area contributed by atoms with Crippen LogP contribution in [0.5, 0.6) is 0 Å². The van der Waals surface area contributed by atoms with Gasteiger partial charge >= 0.3 is 0 Å². The van der Waals surface area contributed by atoms with Gasteiger partial charge in [0.05, 0.1) is 0 Å². The Balaban J connectivity index is 3.01. The molecule has 0 radical (unpaired) electrons. The predicted octanol–water partition coefficient (Wildman–Crippen LogP) is 0.558. The fraction of sp³-hybridized carbons (Fsp3) is 0.727. The van der Waals surface area contributed by atoms with Gasteiger partial charge in [0.2, 0.25) is 0 Å². The molecule has 1 heterocycles. The summed E-state index contributed by atoms with van der Waals surface area (Å²) in [7, 11) is -1.90. The lowest BCUT2D eigenvalue weighted by molar-refractivity contribution is 0.233. The van der Waals surface area contributed by atoms with Gasteiger partial charge in [0.1, 0.15) is 5.82 Å². The van der Waals surface area contributed by atoms with Gasteiger partial charge in [-0.25, -0.2) is 18.1 Å². The van der Waals surface area contributed by atoms with Crippen LogP contribution in [0.4, 0.5) is 0 Å². The molecule has 7 heteroatoms. The summed E-state index contributed by atoms with van der Waals surface area (Å²) in [5.74, 6) is 0.635. The summed E-state index contributed by atoms with van der Waals surface area (Å²) in [5.41, 5.74) is -0.654. The summed E-state index contributed by atoms with van der Waals surface area (Å²) in [4.78, 5) is 4.01. The number of hydrogen-bond acceptors (Lipinski definition) is 4. The van der Waals surface area contributed by atoms with Crippen molar-refractivity contribution < 1.29 is 13.5 Å². The molecule has 0 amide bonds. The molecule has 0 saturated heterocycles. The summed E-state index contributed by atoms with van der Waals surface area (Å²) in [6.45, 7) is 5.33. The SMILES string of the molecule is CCC(C)(CCO)NS(=O)(=O)c1cn(C)c(C)n1. The Kier molecular flexibility index (Phi) is 4.52. The quantitative estimate of drug-likeness (QED) is 0.794. The smallest absolute Gasteiger partial charge is 0.260 e. The molecule has 0 aliphatic heterocycles. The summed E-state index contributed by atoms with van der Waals surface area (Å²) >= 11 is 0. The van der Waals surface area contributed by atoms with Crippen molar-refractivity contribution in [3.63, 3.8) is 0 Å². The fourth-order valence-electron chi connectivity index (χ4n) is 1.58. The third-order valence-corrected chi connectivity index (χ3v) is 4.70. The lowest BCUT2D eigenvalue weighted by Gasteiger charge is -2.27. The molecule has 2 N–H and O–H groups in total. The number of aryl methyl sites for hydroxylation is 2. The molecular formula is C11H21N3O3S. The lowest BCUT2D eigenvalue weighted by atomic mass is 9.97. The van der Waals surface area contributed by atoms with Crippen LogP contribution in [0.1, 0.15) is 32.5 Å². The third-order valence-electron chi connectivity index (χ3n) is 3.19. The topological polar surface area (TPSA) is 84.2 Å². The maximum absolute atomic E-state index is 12.2. The number of rotatable bonds is 6. The minimum absolute atomic E-state index is 0.0140. The van der Waals surface area contributed by atoms with Crippen LogP contribution < -0.4 is 4.72 Å². The van der Waals surface area contributed by atoms with Crippen LogP contribution in [0.3, 0.4) is 0 Å². The molecule has 0 aromatic carbocycles. The van der Waals surface area contributed by atoms with E-state index >= 15 is 0 Å². The number of imidazole rings is 1. The molecule has 18 heavy (non-hydrogen) atoms. The van der Waals surface area contributed by atoms with E-state index in [1.54, 1.807) is 25.5 Å². The predicted molar refractivity (Wildman–Crippen MR) is 68.7 cm³/mol. The fourth-order valence-corrected chi connectivity index (χ4v) is 3.13. The Labute approximate surface area is 108 Å². The Hall–Kier alpha value is -0.920. The zero-order valence-electron chi connectivity index (χ0n) is 11.3. The van der Waals surface area contributed by atoms with E-state index in [9.17, 15) is 8.42 Å². The highest BCUT2D eigenvalue weighted by Gasteiger charge is 2.30. The van der Waals surface area contributed by atoms with E-state index in [0.29, 0.717) is 18.7 Å². The molecule has 1 aromatic heterocycles. The Morgan fingerprint density at radius 2 is 2.17 bits per heavy atom. The van der Waals surface area contributed by atoms with Crippen LogP contribution in [-0.2, 0) is 17.1 Å². The number of hydrogen-bond donors (Lipinski definition) is 2. The maximum atomic E-state index is 12.2. The van der Waals surface area contributed by atoms with Crippen LogP contribution in [0.15, 0.2) is 11.2 Å². The first-order valence-corrected chi connectivity index (χ1v) is 7.37. The van der Waals surface area contributed by atoms with Crippen molar-refractivity contribution in [1.82, 2.24) is 14.3 Å². The van der Waals surface area contributed by atoms with Crippen LogP contribution in [-0.4, -0.2) is 35.2 Å². The summed E-state index contributed by atoms with van der Waals surface area (Å²) in [6, 6.07) is 0. The molecule has 0 aliphatic carbocycles. The Morgan fingerprint density at radius 3 is 2.56 bits per heavy atom. The van der Waals surface area contributed by atoms with E-state index in [-0.39, 0.29) is 11.6 Å². The molecule has 0 saturated carbocycles. The first-order valence-electron chi connectivity index (χ1n) is 5.89. The zero-order valence-corrected chi connectivity index (χ0v) is 12.1. The molecule has 0 fully saturated rings. The van der Waals surface area contributed by atoms with Crippen molar-refractivity contribution >= 4 is 10.0 Å². The van der Waals surface area contributed by atoms with Gasteiger partial charge in [-0.2, -0.15) is 0 Å². The number of aliphatic hydroxyl groups excluding tert-OH is 1. The second-order valence-corrected chi connectivity index (χ2v) is 6.36. The molecule has 0 aliphatic rings. The van der Waals surface area contributed by atoms with Gasteiger partial charge < -0.3 is 9.67 Å². The van der Waals surface area contributed by atoms with Crippen molar-refractivity contribution in [2.75, 3.05) is 6.61 Å². The molecule has 1 rings (SSSR count). The van der Waals surface area contributed by atoms with Gasteiger partial charge in [-0.3, -0.25) is 0 Å². The van der Waals surface area contributed by atoms with Gasteiger partial charge in [-0.1, -0.05) is 6.92 Å². The minimum Gasteiger partial charge on any atom is -0.396 e. The van der Waals surface area contributed by atoms with Crippen LogP contribution in [0.25, 0.3) is 0 Å². The van der Waals surface area contributed by atoms with E-state index in [4.69, 9.17) is 5.11 Å². The standard InChI is InChI=1S/C11H21N3O3S/c1-5-11(3,6-7-15)13-18(16,17)10-8-14(4)9(2)12-10/h8,13,15H,5-7H2,1-4H3. The molecule has 1 atom stereocenters. The molecule has 0 spiro atoms. The van der Waals surface area contributed by atoms with Crippen molar-refractivity contribution in [2.24, 2.45) is 7.05 Å². The molecule has 0 bridgehead atoms. The first kappa shape index (κ1) is 15.1. The second-order valence-electron chi connectivity index (χ2n) is 4.73. The van der Waals surface area contributed by atoms with Crippen LogP contribution in [0, 0.1) is 6.92 Å². The maximum Gasteiger partial charge on any atom is 0.260 e. The van der Waals surface area contributed by atoms with Gasteiger partial charge in [0.25, 0.3) is 10.0 Å². The van der Waals surface area contributed by atoms with Gasteiger partial charge in [0, 0.05) is 25.4 Å². The molecule has 1 unspecified atom stereocenters. The van der Waals surface area contributed by atoms with Crippen molar-refractivity contribution in [3.05, 3.63) is 12.0 Å². The third kappa shape index (κ3) is 3.30. The van der Waals surface area contributed by atoms with E-state index in [0.717, 1.165) is 0 Å². The van der Waals surface area contributed by atoms with E-state index in [1.807, 2.05) is 6.92 Å². The van der Waals surface area contributed by atoms with Crippen LogP contribution in [0.2, 0.25) is 0 Å². The normalized spacial score (nSPS) is 15.6. The summed E-state index contributed by atoms with van der Waals surface area (Å²) < 4.78 is 28.6. The van der Waals surface area contributed by atoms with E-state index < -0.39 is 15.6 Å². The largest absolute Gasteiger partial charge is 0.396 e. The zero-order chi connectivity index (χ0) is 14.0. The number of nitrogens with zero attached hydrogens (tertiary/aromatic N) is 2. The average molecular weight is 275 g/mol. The monoisotopic (exact) mass is 275 g/mol. The van der Waals surface area contributed by atoms with Gasteiger partial charge in [0.15, 0.2) is 5.03 Å². The highest BCUT2D eigenvalue weighted by Crippen LogP contribution is 2.18. The van der Waals surface area contributed by atoms with E-state index in [1.165, 1.54) is 6.20 Å².